The average molecular weight is 382 g/mol. The fraction of sp³-hybridized carbons (Fsp3) is 0.357. The van der Waals surface area contributed by atoms with Crippen LogP contribution in [0.15, 0.2) is 33.8 Å². The van der Waals surface area contributed by atoms with Crippen molar-refractivity contribution in [2.24, 2.45) is 28.8 Å². The Kier molecular flexibility index (Phi) is 2.63. The van der Waals surface area contributed by atoms with E-state index in [0.717, 1.165) is 15.2 Å². The molecule has 2 amide bonds. The molecule has 2 fully saturated rings. The lowest BCUT2D eigenvalue weighted by Crippen LogP contribution is -2.28. The summed E-state index contributed by atoms with van der Waals surface area (Å²) in [7, 11) is 0. The molecule has 2 aliphatic carbocycles. The van der Waals surface area contributed by atoms with Crippen LogP contribution >= 0.6 is 22.6 Å². The molecule has 0 unspecified atom stereocenters. The van der Waals surface area contributed by atoms with Crippen LogP contribution in [0.3, 0.4) is 0 Å². The minimum absolute atomic E-state index is 0.172. The van der Waals surface area contributed by atoms with E-state index in [9.17, 15) is 9.59 Å². The van der Waals surface area contributed by atoms with Crippen LogP contribution in [0.2, 0.25) is 0 Å². The number of halogens is 1. The number of amides is 2. The minimum atomic E-state index is -0.202. The van der Waals surface area contributed by atoms with Crippen LogP contribution in [-0.2, 0) is 9.59 Å². The topological polar surface area (TPSA) is 62.9 Å². The van der Waals surface area contributed by atoms with Gasteiger partial charge in [-0.3, -0.25) is 9.59 Å². The Morgan fingerprint density at radius 1 is 1.20 bits per heavy atom. The van der Waals surface area contributed by atoms with E-state index in [1.807, 2.05) is 22.6 Å². The zero-order valence-electron chi connectivity index (χ0n) is 10.4. The SMILES string of the molecule is O=C1[C@@H]2[C@@H](C(=O)N1/N=C\c1ccc(I)o1)[C@H]1C=C[C@@H]2C1. The van der Waals surface area contributed by atoms with Gasteiger partial charge in [0.25, 0.3) is 11.8 Å². The van der Waals surface area contributed by atoms with Gasteiger partial charge in [0.1, 0.15) is 5.76 Å². The Labute approximate surface area is 128 Å². The van der Waals surface area contributed by atoms with Crippen molar-refractivity contribution >= 4 is 40.6 Å². The largest absolute Gasteiger partial charge is 0.449 e. The summed E-state index contributed by atoms with van der Waals surface area (Å²) in [5.41, 5.74) is 0. The first-order chi connectivity index (χ1) is 9.65. The highest BCUT2D eigenvalue weighted by Gasteiger charge is 2.59. The molecule has 0 aromatic carbocycles. The maximum Gasteiger partial charge on any atom is 0.254 e. The standard InChI is InChI=1S/C14H11IN2O3/c15-10-4-3-9(20-10)6-16-17-13(18)11-7-1-2-8(5-7)12(11)14(17)19/h1-4,6-8,11-12H,5H2/b16-6-/t7-,8+,11-,12-/m0/s1. The first-order valence-corrected chi connectivity index (χ1v) is 7.58. The highest BCUT2D eigenvalue weighted by molar-refractivity contribution is 14.1. The summed E-state index contributed by atoms with van der Waals surface area (Å²) in [4.78, 5) is 24.7. The zero-order chi connectivity index (χ0) is 13.9. The van der Waals surface area contributed by atoms with Gasteiger partial charge in [0.2, 0.25) is 0 Å². The van der Waals surface area contributed by atoms with Gasteiger partial charge in [-0.05, 0) is 53.0 Å². The molecule has 6 heteroatoms. The Morgan fingerprint density at radius 3 is 2.40 bits per heavy atom. The van der Waals surface area contributed by atoms with Crippen molar-refractivity contribution in [2.75, 3.05) is 0 Å². The number of carbonyl (C=O) groups excluding carboxylic acids is 2. The van der Waals surface area contributed by atoms with E-state index in [0.29, 0.717) is 5.76 Å². The van der Waals surface area contributed by atoms with Crippen LogP contribution in [0.5, 0.6) is 0 Å². The Morgan fingerprint density at radius 2 is 1.85 bits per heavy atom. The van der Waals surface area contributed by atoms with Crippen LogP contribution < -0.4 is 0 Å². The molecule has 1 aliphatic heterocycles. The summed E-state index contributed by atoms with van der Waals surface area (Å²) in [5, 5.41) is 5.06. The lowest BCUT2D eigenvalue weighted by atomic mass is 9.85. The molecular weight excluding hydrogens is 371 g/mol. The van der Waals surface area contributed by atoms with E-state index in [1.54, 1.807) is 12.1 Å². The van der Waals surface area contributed by atoms with E-state index >= 15 is 0 Å². The van der Waals surface area contributed by atoms with E-state index in [2.05, 4.69) is 17.3 Å². The van der Waals surface area contributed by atoms with Gasteiger partial charge in [-0.25, -0.2) is 0 Å². The minimum Gasteiger partial charge on any atom is -0.449 e. The van der Waals surface area contributed by atoms with E-state index in [1.165, 1.54) is 6.21 Å². The molecule has 3 aliphatic rings. The molecule has 1 aromatic heterocycles. The molecule has 0 radical (unpaired) electrons. The third-order valence-corrected chi connectivity index (χ3v) is 4.92. The number of fused-ring (bicyclic) bond motifs is 5. The van der Waals surface area contributed by atoms with Crippen molar-refractivity contribution in [3.8, 4) is 0 Å². The van der Waals surface area contributed by atoms with Gasteiger partial charge < -0.3 is 4.42 Å². The molecule has 4 atom stereocenters. The van der Waals surface area contributed by atoms with Crippen molar-refractivity contribution in [3.63, 3.8) is 0 Å². The van der Waals surface area contributed by atoms with Crippen molar-refractivity contribution in [2.45, 2.75) is 6.42 Å². The van der Waals surface area contributed by atoms with E-state index < -0.39 is 0 Å². The summed E-state index contributed by atoms with van der Waals surface area (Å²) < 4.78 is 6.08. The number of rotatable bonds is 2. The third kappa shape index (κ3) is 1.63. The third-order valence-electron chi connectivity index (χ3n) is 4.34. The zero-order valence-corrected chi connectivity index (χ0v) is 12.6. The highest BCUT2D eigenvalue weighted by atomic mass is 127. The van der Waals surface area contributed by atoms with Gasteiger partial charge in [-0.1, -0.05) is 12.2 Å². The van der Waals surface area contributed by atoms with Crippen LogP contribution in [-0.4, -0.2) is 23.0 Å². The summed E-state index contributed by atoms with van der Waals surface area (Å²) in [6.45, 7) is 0. The van der Waals surface area contributed by atoms with Gasteiger partial charge >= 0.3 is 0 Å². The van der Waals surface area contributed by atoms with Crippen LogP contribution in [0, 0.1) is 27.4 Å². The highest BCUT2D eigenvalue weighted by Crippen LogP contribution is 2.52. The lowest BCUT2D eigenvalue weighted by molar-refractivity contribution is -0.140. The normalized spacial score (nSPS) is 34.8. The number of hydrazone groups is 1. The molecular formula is C14H11IN2O3. The number of hydrogen-bond donors (Lipinski definition) is 0. The van der Waals surface area contributed by atoms with Crippen LogP contribution in [0.25, 0.3) is 0 Å². The second-order valence-electron chi connectivity index (χ2n) is 5.37. The van der Waals surface area contributed by atoms with Gasteiger partial charge in [0.05, 0.1) is 18.1 Å². The summed E-state index contributed by atoms with van der Waals surface area (Å²) in [6, 6.07) is 3.55. The van der Waals surface area contributed by atoms with Crippen LogP contribution in [0.4, 0.5) is 0 Å². The molecule has 0 spiro atoms. The lowest BCUT2D eigenvalue weighted by Gasteiger charge is -2.13. The van der Waals surface area contributed by atoms with E-state index in [-0.39, 0.29) is 35.5 Å². The first kappa shape index (κ1) is 12.3. The quantitative estimate of drug-likeness (QED) is 0.340. The number of carbonyl (C=O) groups is 2. The number of nitrogens with zero attached hydrogens (tertiary/aromatic N) is 2. The second-order valence-corrected chi connectivity index (χ2v) is 6.44. The van der Waals surface area contributed by atoms with Crippen molar-refractivity contribution in [3.05, 3.63) is 33.8 Å². The molecule has 1 saturated carbocycles. The van der Waals surface area contributed by atoms with Crippen molar-refractivity contribution < 1.29 is 14.0 Å². The fourth-order valence-electron chi connectivity index (χ4n) is 3.51. The van der Waals surface area contributed by atoms with Gasteiger partial charge in [-0.2, -0.15) is 10.1 Å². The monoisotopic (exact) mass is 382 g/mol. The molecule has 2 bridgehead atoms. The second kappa shape index (κ2) is 4.28. The van der Waals surface area contributed by atoms with Gasteiger partial charge in [0, 0.05) is 0 Å². The number of hydrogen-bond acceptors (Lipinski definition) is 4. The first-order valence-electron chi connectivity index (χ1n) is 6.50. The van der Waals surface area contributed by atoms with Gasteiger partial charge in [-0.15, -0.1) is 0 Å². The molecule has 1 saturated heterocycles. The molecule has 4 rings (SSSR count). The molecule has 2 heterocycles. The number of imide groups is 1. The van der Waals surface area contributed by atoms with Gasteiger partial charge in [0.15, 0.2) is 3.77 Å². The summed E-state index contributed by atoms with van der Waals surface area (Å²) in [5.74, 6) is 0.215. The summed E-state index contributed by atoms with van der Waals surface area (Å²) in [6.07, 6.45) is 6.49. The predicted molar refractivity (Wildman–Crippen MR) is 78.6 cm³/mol. The maximum atomic E-state index is 12.3. The van der Waals surface area contributed by atoms with Crippen molar-refractivity contribution in [1.82, 2.24) is 5.01 Å². The maximum absolute atomic E-state index is 12.3. The van der Waals surface area contributed by atoms with Crippen molar-refractivity contribution in [1.29, 1.82) is 0 Å². The fourth-order valence-corrected chi connectivity index (χ4v) is 3.95. The molecule has 20 heavy (non-hydrogen) atoms. The number of allylic oxidation sites excluding steroid dienone is 2. The Hall–Kier alpha value is -1.44. The smallest absolute Gasteiger partial charge is 0.254 e. The molecule has 0 N–H and O–H groups in total. The van der Waals surface area contributed by atoms with E-state index in [4.69, 9.17) is 4.42 Å². The Bertz CT molecular complexity index is 633. The predicted octanol–water partition coefficient (Wildman–Crippen LogP) is 2.03. The molecule has 1 aromatic rings. The molecule has 5 nitrogen and oxygen atoms in total. The van der Waals surface area contributed by atoms with Crippen LogP contribution in [0.1, 0.15) is 12.2 Å². The molecule has 102 valence electrons. The average Bonchev–Trinajstić information content (AvgIpc) is 3.15. The number of furan rings is 1. The Balaban J connectivity index is 1.60. The summed E-state index contributed by atoms with van der Waals surface area (Å²) >= 11 is 2.05.